The number of anilines is 2. The third-order valence-electron chi connectivity index (χ3n) is 5.00. The number of aromatic nitrogens is 1. The molecular formula is C24H18N2. The lowest BCUT2D eigenvalue weighted by Gasteiger charge is -2.15. The number of aryl methyl sites for hydroxylation is 1. The van der Waals surface area contributed by atoms with E-state index >= 15 is 0 Å². The van der Waals surface area contributed by atoms with Gasteiger partial charge in [0, 0.05) is 28.0 Å². The SMILES string of the molecule is Cc1cnc2c(ccc3ccccc32)c1Nc1cccc2ccccc12. The molecule has 0 saturated heterocycles. The molecule has 2 heteroatoms. The first-order chi connectivity index (χ1) is 12.8. The Morgan fingerprint density at radius 2 is 1.35 bits per heavy atom. The van der Waals surface area contributed by atoms with Crippen LogP contribution in [0.2, 0.25) is 0 Å². The highest BCUT2D eigenvalue weighted by Gasteiger charge is 2.10. The van der Waals surface area contributed by atoms with Crippen LogP contribution >= 0.6 is 0 Å². The molecule has 26 heavy (non-hydrogen) atoms. The first kappa shape index (κ1) is 14.9. The van der Waals surface area contributed by atoms with Crippen molar-refractivity contribution in [2.45, 2.75) is 6.92 Å². The third kappa shape index (κ3) is 2.31. The molecule has 5 rings (SSSR count). The zero-order valence-electron chi connectivity index (χ0n) is 14.5. The van der Waals surface area contributed by atoms with Crippen molar-refractivity contribution in [2.24, 2.45) is 0 Å². The van der Waals surface area contributed by atoms with Crippen LogP contribution in [0.5, 0.6) is 0 Å². The zero-order chi connectivity index (χ0) is 17.5. The summed E-state index contributed by atoms with van der Waals surface area (Å²) >= 11 is 0. The van der Waals surface area contributed by atoms with Gasteiger partial charge in [0.25, 0.3) is 0 Å². The van der Waals surface area contributed by atoms with E-state index < -0.39 is 0 Å². The van der Waals surface area contributed by atoms with Crippen molar-refractivity contribution in [3.63, 3.8) is 0 Å². The quantitative estimate of drug-likeness (QED) is 0.368. The lowest BCUT2D eigenvalue weighted by molar-refractivity contribution is 1.33. The second kappa shape index (κ2) is 5.85. The molecule has 1 aromatic heterocycles. The molecule has 0 atom stereocenters. The molecule has 2 nitrogen and oxygen atoms in total. The molecule has 0 aliphatic heterocycles. The van der Waals surface area contributed by atoms with E-state index in [0.29, 0.717) is 0 Å². The number of nitrogens with one attached hydrogen (secondary N) is 1. The van der Waals surface area contributed by atoms with Gasteiger partial charge in [0.1, 0.15) is 0 Å². The smallest absolute Gasteiger partial charge is 0.0801 e. The number of pyridine rings is 1. The monoisotopic (exact) mass is 334 g/mol. The van der Waals surface area contributed by atoms with E-state index in [1.165, 1.54) is 21.5 Å². The van der Waals surface area contributed by atoms with Crippen LogP contribution < -0.4 is 5.32 Å². The molecule has 1 N–H and O–H groups in total. The molecule has 0 saturated carbocycles. The van der Waals surface area contributed by atoms with E-state index in [2.05, 4.69) is 91.1 Å². The van der Waals surface area contributed by atoms with Crippen LogP contribution in [-0.2, 0) is 0 Å². The Bertz CT molecular complexity index is 1270. The second-order valence-corrected chi connectivity index (χ2v) is 6.65. The summed E-state index contributed by atoms with van der Waals surface area (Å²) in [5.74, 6) is 0. The predicted octanol–water partition coefficient (Wildman–Crippen LogP) is 6.59. The Kier molecular flexibility index (Phi) is 3.36. The fourth-order valence-electron chi connectivity index (χ4n) is 3.67. The Morgan fingerprint density at radius 3 is 2.19 bits per heavy atom. The molecule has 0 bridgehead atoms. The third-order valence-corrected chi connectivity index (χ3v) is 5.00. The number of hydrogen-bond acceptors (Lipinski definition) is 2. The Hall–Kier alpha value is -3.39. The second-order valence-electron chi connectivity index (χ2n) is 6.65. The van der Waals surface area contributed by atoms with Crippen molar-refractivity contribution in [3.05, 3.63) is 90.6 Å². The van der Waals surface area contributed by atoms with Crippen molar-refractivity contribution >= 4 is 43.8 Å². The van der Waals surface area contributed by atoms with E-state index in [9.17, 15) is 0 Å². The summed E-state index contributed by atoms with van der Waals surface area (Å²) in [6, 6.07) is 27.6. The van der Waals surface area contributed by atoms with Crippen LogP contribution in [0.3, 0.4) is 0 Å². The number of fused-ring (bicyclic) bond motifs is 4. The predicted molar refractivity (Wildman–Crippen MR) is 111 cm³/mol. The minimum absolute atomic E-state index is 1.04. The summed E-state index contributed by atoms with van der Waals surface area (Å²) in [5.41, 5.74) is 4.42. The molecule has 0 aliphatic carbocycles. The van der Waals surface area contributed by atoms with Crippen molar-refractivity contribution < 1.29 is 0 Å². The maximum atomic E-state index is 4.73. The summed E-state index contributed by atoms with van der Waals surface area (Å²) in [6.07, 6.45) is 1.96. The van der Waals surface area contributed by atoms with E-state index in [-0.39, 0.29) is 0 Å². The topological polar surface area (TPSA) is 24.9 Å². The number of nitrogens with zero attached hydrogens (tertiary/aromatic N) is 1. The first-order valence-electron chi connectivity index (χ1n) is 8.83. The van der Waals surface area contributed by atoms with Gasteiger partial charge in [0.15, 0.2) is 0 Å². The van der Waals surface area contributed by atoms with Crippen molar-refractivity contribution in [1.82, 2.24) is 4.98 Å². The molecule has 124 valence electrons. The van der Waals surface area contributed by atoms with Gasteiger partial charge in [0.05, 0.1) is 11.2 Å². The lowest BCUT2D eigenvalue weighted by atomic mass is 10.0. The number of hydrogen-bond donors (Lipinski definition) is 1. The minimum atomic E-state index is 1.04. The van der Waals surface area contributed by atoms with E-state index in [1.54, 1.807) is 0 Å². The molecule has 0 spiro atoms. The molecule has 0 radical (unpaired) electrons. The largest absolute Gasteiger partial charge is 0.354 e. The zero-order valence-corrected chi connectivity index (χ0v) is 14.5. The van der Waals surface area contributed by atoms with Gasteiger partial charge < -0.3 is 5.32 Å². The average Bonchev–Trinajstić information content (AvgIpc) is 2.70. The van der Waals surface area contributed by atoms with Gasteiger partial charge in [-0.1, -0.05) is 72.8 Å². The Morgan fingerprint density at radius 1 is 0.654 bits per heavy atom. The first-order valence-corrected chi connectivity index (χ1v) is 8.83. The fourth-order valence-corrected chi connectivity index (χ4v) is 3.67. The summed E-state index contributed by atoms with van der Waals surface area (Å²) in [5, 5.41) is 9.69. The van der Waals surface area contributed by atoms with Crippen LogP contribution in [0.15, 0.2) is 85.1 Å². The summed E-state index contributed by atoms with van der Waals surface area (Å²) in [7, 11) is 0. The Balaban J connectivity index is 1.76. The molecule has 4 aromatic carbocycles. The van der Waals surface area contributed by atoms with Crippen molar-refractivity contribution in [3.8, 4) is 0 Å². The van der Waals surface area contributed by atoms with Gasteiger partial charge in [-0.3, -0.25) is 4.98 Å². The molecular weight excluding hydrogens is 316 g/mol. The molecule has 0 aliphatic rings. The van der Waals surface area contributed by atoms with E-state index in [1.807, 2.05) is 6.20 Å². The molecule has 1 heterocycles. The van der Waals surface area contributed by atoms with Crippen molar-refractivity contribution in [1.29, 1.82) is 0 Å². The van der Waals surface area contributed by atoms with Crippen molar-refractivity contribution in [2.75, 3.05) is 5.32 Å². The summed E-state index contributed by atoms with van der Waals surface area (Å²) < 4.78 is 0. The van der Waals surface area contributed by atoms with Gasteiger partial charge in [-0.15, -0.1) is 0 Å². The average molecular weight is 334 g/mol. The van der Waals surface area contributed by atoms with Gasteiger partial charge >= 0.3 is 0 Å². The normalized spacial score (nSPS) is 11.3. The molecule has 0 amide bonds. The van der Waals surface area contributed by atoms with Crippen LogP contribution in [0.4, 0.5) is 11.4 Å². The molecule has 0 unspecified atom stereocenters. The van der Waals surface area contributed by atoms with Crippen LogP contribution in [-0.4, -0.2) is 4.98 Å². The van der Waals surface area contributed by atoms with Crippen LogP contribution in [0.25, 0.3) is 32.4 Å². The van der Waals surface area contributed by atoms with Gasteiger partial charge in [-0.25, -0.2) is 0 Å². The lowest BCUT2D eigenvalue weighted by Crippen LogP contribution is -1.97. The molecule has 0 fully saturated rings. The van der Waals surface area contributed by atoms with E-state index in [4.69, 9.17) is 4.98 Å². The minimum Gasteiger partial charge on any atom is -0.354 e. The van der Waals surface area contributed by atoms with E-state index in [0.717, 1.165) is 27.8 Å². The van der Waals surface area contributed by atoms with Crippen LogP contribution in [0.1, 0.15) is 5.56 Å². The summed E-state index contributed by atoms with van der Waals surface area (Å²) in [6.45, 7) is 2.11. The fraction of sp³-hybridized carbons (Fsp3) is 0.0417. The Labute approximate surface area is 152 Å². The highest BCUT2D eigenvalue weighted by molar-refractivity contribution is 6.10. The van der Waals surface area contributed by atoms with Gasteiger partial charge in [-0.05, 0) is 29.3 Å². The molecule has 5 aromatic rings. The van der Waals surface area contributed by atoms with Gasteiger partial charge in [0.2, 0.25) is 0 Å². The van der Waals surface area contributed by atoms with Crippen LogP contribution in [0, 0.1) is 6.92 Å². The van der Waals surface area contributed by atoms with Gasteiger partial charge in [-0.2, -0.15) is 0 Å². The summed E-state index contributed by atoms with van der Waals surface area (Å²) in [4.78, 5) is 4.73. The highest BCUT2D eigenvalue weighted by atomic mass is 14.9. The standard InChI is InChI=1S/C24H18N2/c1-16-15-25-24-20-11-5-3-8-18(20)13-14-21(24)23(16)26-22-12-6-9-17-7-2-4-10-19(17)22/h2-15H,1H3,(H,25,26). The number of benzene rings is 4. The number of rotatable bonds is 2. The highest BCUT2D eigenvalue weighted by Crippen LogP contribution is 2.34. The maximum Gasteiger partial charge on any atom is 0.0801 e. The maximum absolute atomic E-state index is 4.73.